The van der Waals surface area contributed by atoms with Gasteiger partial charge in [-0.15, -0.1) is 0 Å². The average Bonchev–Trinajstić information content (AvgIpc) is 4.11. The quantitative estimate of drug-likeness (QED) is 0.0589. The first kappa shape index (κ1) is 62.5. The van der Waals surface area contributed by atoms with Gasteiger partial charge < -0.3 is 90.1 Å². The lowest BCUT2D eigenvalue weighted by molar-refractivity contribution is -0.136. The molecule has 2 heterocycles. The summed E-state index contributed by atoms with van der Waals surface area (Å²) in [6, 6.07) is -2.32. The first-order valence-corrected chi connectivity index (χ1v) is 25.8. The lowest BCUT2D eigenvalue weighted by atomic mass is 10.00. The highest BCUT2D eigenvalue weighted by molar-refractivity contribution is 6.00. The second kappa shape index (κ2) is 30.6. The molecule has 27 nitrogen and oxygen atoms in total. The summed E-state index contributed by atoms with van der Waals surface area (Å²) in [5.41, 5.74) is 18.1. The Bertz CT molecular complexity index is 2350. The predicted octanol–water partition coefficient (Wildman–Crippen LogP) is -5.26. The molecule has 77 heavy (non-hydrogen) atoms. The van der Waals surface area contributed by atoms with Crippen LogP contribution >= 0.6 is 0 Å². The number of furan rings is 1. The van der Waals surface area contributed by atoms with E-state index in [2.05, 4.69) is 53.2 Å². The van der Waals surface area contributed by atoms with Crippen molar-refractivity contribution in [1.29, 1.82) is 0 Å². The van der Waals surface area contributed by atoms with Crippen molar-refractivity contribution >= 4 is 59.1 Å². The third-order valence-electron chi connectivity index (χ3n) is 12.6. The molecule has 0 bridgehead atoms. The van der Waals surface area contributed by atoms with Crippen LogP contribution in [0.1, 0.15) is 100 Å². The maximum absolute atomic E-state index is 14.3. The van der Waals surface area contributed by atoms with Gasteiger partial charge in [-0.2, -0.15) is 0 Å². The summed E-state index contributed by atoms with van der Waals surface area (Å²) in [7, 11) is 0. The van der Waals surface area contributed by atoms with Crippen LogP contribution in [0.25, 0.3) is 0 Å². The molecule has 1 aromatic heterocycles. The molecule has 0 radical (unpaired) electrons. The van der Waals surface area contributed by atoms with Gasteiger partial charge in [-0.05, 0) is 102 Å². The third-order valence-corrected chi connectivity index (χ3v) is 12.6. The van der Waals surface area contributed by atoms with E-state index >= 15 is 0 Å². The standard InChI is InChI=1S/C50H77N13O14/c1-25(2)22-34-45(71)57-30(14-18-51)41(67)56-32(16-20-53)44(70)62-39(26(3)65)49(75)54-21-17-33(43(69)55-31(15-19-52)42(68)60-35(46(72)59-34)23-28-8-6-5-7-9-28)58-47(73)36(24-64)61-50(76)40(27(4)66)63-48(74)38-13-12-37(77-38)29-10-11-29/h5-9,12-13,25-27,29-36,39-40,64-66H,10-11,14-24,51-53H2,1-4H3,(H,54,75)(H,55,69)(H,56,67)(H,57,71)(H,58,73)(H,59,72)(H,60,68)(H,61,76)(H,62,70)(H,63,74)/t26-,27-,30+,31+,32+,33+,34+,35-,36-,39+,40+/m1/s1. The number of aliphatic hydroxyl groups is 3. The number of nitrogens with two attached hydrogens (primary N) is 3. The smallest absolute Gasteiger partial charge is 0.287 e. The zero-order valence-corrected chi connectivity index (χ0v) is 43.8. The van der Waals surface area contributed by atoms with E-state index in [1.165, 1.54) is 19.9 Å². The fourth-order valence-electron chi connectivity index (χ4n) is 8.22. The molecule has 2 fully saturated rings. The minimum atomic E-state index is -1.84. The van der Waals surface area contributed by atoms with Gasteiger partial charge >= 0.3 is 0 Å². The number of benzene rings is 1. The summed E-state index contributed by atoms with van der Waals surface area (Å²) in [4.78, 5) is 139. The zero-order chi connectivity index (χ0) is 56.9. The van der Waals surface area contributed by atoms with E-state index in [0.717, 1.165) is 12.8 Å². The van der Waals surface area contributed by atoms with Crippen molar-refractivity contribution in [2.45, 2.75) is 152 Å². The summed E-state index contributed by atoms with van der Waals surface area (Å²) in [5, 5.41) is 56.5. The van der Waals surface area contributed by atoms with Crippen LogP contribution in [0.15, 0.2) is 46.9 Å². The van der Waals surface area contributed by atoms with E-state index in [1.54, 1.807) is 50.2 Å². The normalized spacial score (nSPS) is 24.2. The van der Waals surface area contributed by atoms with Crippen molar-refractivity contribution in [1.82, 2.24) is 53.2 Å². The molecule has 426 valence electrons. The maximum Gasteiger partial charge on any atom is 0.287 e. The van der Waals surface area contributed by atoms with Crippen LogP contribution in [-0.2, 0) is 49.6 Å². The Morgan fingerprint density at radius 2 is 1.16 bits per heavy atom. The molecule has 10 amide bonds. The Hall–Kier alpha value is -7.04. The van der Waals surface area contributed by atoms with Crippen molar-refractivity contribution in [2.24, 2.45) is 23.1 Å². The van der Waals surface area contributed by atoms with Crippen LogP contribution in [0.5, 0.6) is 0 Å². The SMILES string of the molecule is CC(C)C[C@@H]1NC(=O)[C@@H](Cc2ccccc2)NC(=O)[C@H](CCN)NC(=O)[C@@H](NC(=O)[C@@H](CO)NC(=O)[C@@H](NC(=O)c2ccc(C3CC3)o2)[C@@H](C)O)CCNC(=O)[C@H]([C@@H](C)O)NC(=O)[C@H](CCN)NC(=O)[C@H](CCN)NC1=O. The molecule has 1 aliphatic heterocycles. The van der Waals surface area contributed by atoms with E-state index in [4.69, 9.17) is 21.6 Å². The van der Waals surface area contributed by atoms with E-state index in [9.17, 15) is 63.3 Å². The predicted molar refractivity (Wildman–Crippen MR) is 276 cm³/mol. The van der Waals surface area contributed by atoms with Gasteiger partial charge in [0.2, 0.25) is 53.2 Å². The number of nitrogens with one attached hydrogen (secondary N) is 10. The van der Waals surface area contributed by atoms with Gasteiger partial charge in [0, 0.05) is 18.9 Å². The van der Waals surface area contributed by atoms with Gasteiger partial charge in [0.1, 0.15) is 60.1 Å². The summed E-state index contributed by atoms with van der Waals surface area (Å²) in [6.45, 7) is 3.94. The third kappa shape index (κ3) is 19.5. The maximum atomic E-state index is 14.3. The van der Waals surface area contributed by atoms with Crippen LogP contribution in [0.4, 0.5) is 0 Å². The molecule has 19 N–H and O–H groups in total. The fourth-order valence-corrected chi connectivity index (χ4v) is 8.22. The molecular weight excluding hydrogens is 1010 g/mol. The van der Waals surface area contributed by atoms with Gasteiger partial charge in [0.05, 0.1) is 18.8 Å². The fraction of sp³-hybridized carbons (Fsp3) is 0.600. The number of amides is 10. The molecule has 1 saturated carbocycles. The topological polar surface area (TPSA) is 443 Å². The molecule has 0 spiro atoms. The van der Waals surface area contributed by atoms with Crippen LogP contribution in [0.3, 0.4) is 0 Å². The van der Waals surface area contributed by atoms with Crippen LogP contribution in [0, 0.1) is 5.92 Å². The molecule has 0 unspecified atom stereocenters. The summed E-state index contributed by atoms with van der Waals surface area (Å²) in [6.07, 6.45) is -2.43. The number of carbonyl (C=O) groups is 10. The average molecular weight is 1080 g/mol. The highest BCUT2D eigenvalue weighted by Gasteiger charge is 2.37. The highest BCUT2D eigenvalue weighted by Crippen LogP contribution is 2.40. The minimum absolute atomic E-state index is 0.0474. The van der Waals surface area contributed by atoms with E-state index in [0.29, 0.717) is 11.3 Å². The number of aliphatic hydroxyl groups excluding tert-OH is 3. The number of hydrogen-bond acceptors (Lipinski definition) is 17. The highest BCUT2D eigenvalue weighted by atomic mass is 16.4. The van der Waals surface area contributed by atoms with Gasteiger partial charge in [-0.3, -0.25) is 47.9 Å². The molecule has 11 atom stereocenters. The molecule has 2 aromatic rings. The second-order valence-corrected chi connectivity index (χ2v) is 19.6. The van der Waals surface area contributed by atoms with Crippen molar-refractivity contribution in [3.05, 3.63) is 59.5 Å². The molecule has 1 aromatic carbocycles. The van der Waals surface area contributed by atoms with E-state index in [1.807, 2.05) is 0 Å². The van der Waals surface area contributed by atoms with Crippen molar-refractivity contribution in [2.75, 3.05) is 32.8 Å². The summed E-state index contributed by atoms with van der Waals surface area (Å²) in [5.74, 6) is -9.19. The van der Waals surface area contributed by atoms with Crippen LogP contribution < -0.4 is 70.4 Å². The number of carbonyl (C=O) groups excluding carboxylic acids is 10. The molecule has 1 aliphatic carbocycles. The Morgan fingerprint density at radius 3 is 1.68 bits per heavy atom. The Morgan fingerprint density at radius 1 is 0.636 bits per heavy atom. The lowest BCUT2D eigenvalue weighted by Gasteiger charge is -2.28. The Balaban J connectivity index is 1.71. The Labute approximate surface area is 445 Å². The van der Waals surface area contributed by atoms with Gasteiger partial charge in [0.15, 0.2) is 5.76 Å². The van der Waals surface area contributed by atoms with Gasteiger partial charge in [-0.25, -0.2) is 0 Å². The second-order valence-electron chi connectivity index (χ2n) is 19.6. The molecule has 27 heteroatoms. The van der Waals surface area contributed by atoms with Crippen LogP contribution in [-0.4, -0.2) is 174 Å². The van der Waals surface area contributed by atoms with Crippen molar-refractivity contribution < 1.29 is 67.7 Å². The van der Waals surface area contributed by atoms with Crippen LogP contribution in [0.2, 0.25) is 0 Å². The van der Waals surface area contributed by atoms with Gasteiger partial charge in [0.25, 0.3) is 5.91 Å². The molecule has 4 rings (SSSR count). The molecular formula is C50H77N13O14. The Kier molecular flexibility index (Phi) is 24.9. The van der Waals surface area contributed by atoms with E-state index < -0.39 is 145 Å². The minimum Gasteiger partial charge on any atom is -0.456 e. The van der Waals surface area contributed by atoms with Gasteiger partial charge in [-0.1, -0.05) is 44.2 Å². The molecule has 2 aliphatic rings. The summed E-state index contributed by atoms with van der Waals surface area (Å²) < 4.78 is 5.60. The summed E-state index contributed by atoms with van der Waals surface area (Å²) >= 11 is 0. The largest absolute Gasteiger partial charge is 0.456 e. The van der Waals surface area contributed by atoms with Crippen molar-refractivity contribution in [3.8, 4) is 0 Å². The zero-order valence-electron chi connectivity index (χ0n) is 43.8. The monoisotopic (exact) mass is 1080 g/mol. The van der Waals surface area contributed by atoms with E-state index in [-0.39, 0.29) is 69.3 Å². The number of rotatable bonds is 20. The lowest BCUT2D eigenvalue weighted by Crippen LogP contribution is -2.61. The van der Waals surface area contributed by atoms with Crippen molar-refractivity contribution in [3.63, 3.8) is 0 Å². The first-order valence-electron chi connectivity index (χ1n) is 25.8. The first-order chi connectivity index (χ1) is 36.6. The number of hydrogen-bond donors (Lipinski definition) is 16. The molecule has 1 saturated heterocycles.